The molecule has 0 amide bonds. The monoisotopic (exact) mass is 205 g/mol. The van der Waals surface area contributed by atoms with Crippen LogP contribution in [0.5, 0.6) is 0 Å². The van der Waals surface area contributed by atoms with Crippen molar-refractivity contribution < 1.29 is 4.74 Å². The second-order valence-corrected chi connectivity index (χ2v) is 4.66. The maximum atomic E-state index is 5.64. The van der Waals surface area contributed by atoms with Crippen LogP contribution in [-0.4, -0.2) is 26.3 Å². The molecule has 1 saturated heterocycles. The molecule has 15 heavy (non-hydrogen) atoms. The summed E-state index contributed by atoms with van der Waals surface area (Å²) in [5.74, 6) is 0. The molecule has 0 aromatic heterocycles. The van der Waals surface area contributed by atoms with Crippen molar-refractivity contribution in [3.8, 4) is 0 Å². The zero-order valence-electron chi connectivity index (χ0n) is 9.55. The molecule has 1 fully saturated rings. The zero-order chi connectivity index (χ0) is 10.7. The highest BCUT2D eigenvalue weighted by Gasteiger charge is 2.28. The van der Waals surface area contributed by atoms with Gasteiger partial charge in [0, 0.05) is 18.5 Å². The Morgan fingerprint density at radius 3 is 3.07 bits per heavy atom. The van der Waals surface area contributed by atoms with Gasteiger partial charge in [-0.05, 0) is 12.5 Å². The summed E-state index contributed by atoms with van der Waals surface area (Å²) >= 11 is 0. The van der Waals surface area contributed by atoms with E-state index in [9.17, 15) is 0 Å². The van der Waals surface area contributed by atoms with Gasteiger partial charge in [-0.1, -0.05) is 36.8 Å². The molecule has 2 rings (SSSR count). The molecular weight excluding hydrogens is 186 g/mol. The lowest BCUT2D eigenvalue weighted by atomic mass is 9.82. The quantitative estimate of drug-likeness (QED) is 0.755. The average molecular weight is 205 g/mol. The van der Waals surface area contributed by atoms with Crippen LogP contribution in [0.1, 0.15) is 18.1 Å². The van der Waals surface area contributed by atoms with Crippen LogP contribution in [0.4, 0.5) is 0 Å². The van der Waals surface area contributed by atoms with Crippen molar-refractivity contribution in [1.82, 2.24) is 5.32 Å². The smallest absolute Gasteiger partial charge is 0.0591 e. The molecule has 1 atom stereocenters. The Labute approximate surface area is 91.6 Å². The molecule has 1 aliphatic heterocycles. The second-order valence-electron chi connectivity index (χ2n) is 4.66. The van der Waals surface area contributed by atoms with Crippen LogP contribution in [0.25, 0.3) is 0 Å². The van der Waals surface area contributed by atoms with Gasteiger partial charge in [-0.2, -0.15) is 0 Å². The lowest BCUT2D eigenvalue weighted by molar-refractivity contribution is 0.113. The normalized spacial score (nSPS) is 27.3. The van der Waals surface area contributed by atoms with E-state index < -0.39 is 0 Å². The number of benzene rings is 1. The van der Waals surface area contributed by atoms with E-state index in [1.807, 2.05) is 0 Å². The molecule has 1 unspecified atom stereocenters. The van der Waals surface area contributed by atoms with Crippen molar-refractivity contribution in [2.45, 2.75) is 19.3 Å². The number of aryl methyl sites for hydroxylation is 1. The molecular formula is C13H19NO. The van der Waals surface area contributed by atoms with Crippen molar-refractivity contribution in [2.24, 2.45) is 0 Å². The van der Waals surface area contributed by atoms with E-state index in [-0.39, 0.29) is 5.41 Å². The summed E-state index contributed by atoms with van der Waals surface area (Å²) in [6.07, 6.45) is 0. The van der Waals surface area contributed by atoms with E-state index >= 15 is 0 Å². The van der Waals surface area contributed by atoms with E-state index in [1.54, 1.807) is 0 Å². The molecule has 0 bridgehead atoms. The predicted octanol–water partition coefficient (Wildman–Crippen LogP) is 1.87. The summed E-state index contributed by atoms with van der Waals surface area (Å²) < 4.78 is 5.64. The van der Waals surface area contributed by atoms with E-state index in [0.717, 1.165) is 26.3 Å². The Hall–Kier alpha value is -0.860. The SMILES string of the molecule is Cc1cccc(C2(C)CNCCOC2)c1. The van der Waals surface area contributed by atoms with E-state index in [2.05, 4.69) is 43.4 Å². The molecule has 0 spiro atoms. The summed E-state index contributed by atoms with van der Waals surface area (Å²) in [7, 11) is 0. The highest BCUT2D eigenvalue weighted by atomic mass is 16.5. The largest absolute Gasteiger partial charge is 0.379 e. The summed E-state index contributed by atoms with van der Waals surface area (Å²) in [6, 6.07) is 8.72. The Bertz CT molecular complexity index is 327. The Balaban J connectivity index is 2.26. The lowest BCUT2D eigenvalue weighted by Gasteiger charge is -2.28. The van der Waals surface area contributed by atoms with Gasteiger partial charge in [-0.25, -0.2) is 0 Å². The molecule has 0 saturated carbocycles. The lowest BCUT2D eigenvalue weighted by Crippen LogP contribution is -2.36. The highest BCUT2D eigenvalue weighted by Crippen LogP contribution is 2.25. The maximum Gasteiger partial charge on any atom is 0.0591 e. The van der Waals surface area contributed by atoms with Crippen LogP contribution in [0.3, 0.4) is 0 Å². The topological polar surface area (TPSA) is 21.3 Å². The fourth-order valence-corrected chi connectivity index (χ4v) is 2.06. The van der Waals surface area contributed by atoms with Crippen LogP contribution in [0.2, 0.25) is 0 Å². The standard InChI is InChI=1S/C13H19NO/c1-11-4-3-5-12(8-11)13(2)9-14-6-7-15-10-13/h3-5,8,14H,6-7,9-10H2,1-2H3. The van der Waals surface area contributed by atoms with Crippen molar-refractivity contribution in [1.29, 1.82) is 0 Å². The molecule has 2 nitrogen and oxygen atoms in total. The molecule has 0 radical (unpaired) electrons. The van der Waals surface area contributed by atoms with Crippen LogP contribution in [-0.2, 0) is 10.2 Å². The minimum absolute atomic E-state index is 0.114. The molecule has 1 N–H and O–H groups in total. The molecule has 1 heterocycles. The first-order valence-corrected chi connectivity index (χ1v) is 5.56. The van der Waals surface area contributed by atoms with Crippen LogP contribution < -0.4 is 5.32 Å². The van der Waals surface area contributed by atoms with Crippen molar-refractivity contribution in [3.63, 3.8) is 0 Å². The van der Waals surface area contributed by atoms with Gasteiger partial charge in [0.2, 0.25) is 0 Å². The summed E-state index contributed by atoms with van der Waals surface area (Å²) in [5, 5.41) is 3.43. The van der Waals surface area contributed by atoms with Gasteiger partial charge in [0.25, 0.3) is 0 Å². The molecule has 2 heteroatoms. The van der Waals surface area contributed by atoms with Crippen LogP contribution in [0.15, 0.2) is 24.3 Å². The third-order valence-electron chi connectivity index (χ3n) is 3.07. The van der Waals surface area contributed by atoms with E-state index in [4.69, 9.17) is 4.74 Å². The minimum Gasteiger partial charge on any atom is -0.379 e. The van der Waals surface area contributed by atoms with Gasteiger partial charge >= 0.3 is 0 Å². The summed E-state index contributed by atoms with van der Waals surface area (Å²) in [4.78, 5) is 0. The fourth-order valence-electron chi connectivity index (χ4n) is 2.06. The van der Waals surface area contributed by atoms with E-state index in [0.29, 0.717) is 0 Å². The molecule has 82 valence electrons. The number of hydrogen-bond acceptors (Lipinski definition) is 2. The number of ether oxygens (including phenoxy) is 1. The fraction of sp³-hybridized carbons (Fsp3) is 0.538. The first-order chi connectivity index (χ1) is 7.21. The van der Waals surface area contributed by atoms with Crippen molar-refractivity contribution >= 4 is 0 Å². The summed E-state index contributed by atoms with van der Waals surface area (Å²) in [5.41, 5.74) is 2.80. The highest BCUT2D eigenvalue weighted by molar-refractivity contribution is 5.29. The first kappa shape index (κ1) is 10.7. The summed E-state index contributed by atoms with van der Waals surface area (Å²) in [6.45, 7) is 7.99. The van der Waals surface area contributed by atoms with Gasteiger partial charge < -0.3 is 10.1 Å². The van der Waals surface area contributed by atoms with E-state index in [1.165, 1.54) is 11.1 Å². The third kappa shape index (κ3) is 2.39. The Morgan fingerprint density at radius 1 is 1.40 bits per heavy atom. The average Bonchev–Trinajstić information content (AvgIpc) is 2.44. The molecule has 0 aliphatic carbocycles. The van der Waals surface area contributed by atoms with Crippen molar-refractivity contribution in [2.75, 3.05) is 26.3 Å². The van der Waals surface area contributed by atoms with Crippen molar-refractivity contribution in [3.05, 3.63) is 35.4 Å². The number of rotatable bonds is 1. The van der Waals surface area contributed by atoms with Gasteiger partial charge in [-0.3, -0.25) is 0 Å². The zero-order valence-corrected chi connectivity index (χ0v) is 9.55. The molecule has 1 aliphatic rings. The minimum atomic E-state index is 0.114. The predicted molar refractivity (Wildman–Crippen MR) is 62.2 cm³/mol. The second kappa shape index (κ2) is 4.33. The number of nitrogens with one attached hydrogen (secondary N) is 1. The third-order valence-corrected chi connectivity index (χ3v) is 3.07. The molecule has 1 aromatic carbocycles. The van der Waals surface area contributed by atoms with Gasteiger partial charge in [0.05, 0.1) is 13.2 Å². The van der Waals surface area contributed by atoms with Crippen LogP contribution >= 0.6 is 0 Å². The first-order valence-electron chi connectivity index (χ1n) is 5.56. The van der Waals surface area contributed by atoms with Gasteiger partial charge in [0.1, 0.15) is 0 Å². The van der Waals surface area contributed by atoms with Gasteiger partial charge in [-0.15, -0.1) is 0 Å². The number of hydrogen-bond donors (Lipinski definition) is 1. The maximum absolute atomic E-state index is 5.64. The Morgan fingerprint density at radius 2 is 2.27 bits per heavy atom. The van der Waals surface area contributed by atoms with Crippen LogP contribution in [0, 0.1) is 6.92 Å². The Kier molecular flexibility index (Phi) is 3.08. The molecule has 1 aromatic rings. The van der Waals surface area contributed by atoms with Gasteiger partial charge in [0.15, 0.2) is 0 Å².